The average Bonchev–Trinajstić information content (AvgIpc) is 2.32. The number of carbonyl (C=O) groups excluding carboxylic acids is 1. The monoisotopic (exact) mass is 253 g/mol. The Morgan fingerprint density at radius 1 is 1.41 bits per heavy atom. The molecule has 2 rings (SSSR count). The number of halogens is 1. The fourth-order valence-electron chi connectivity index (χ4n) is 2.07. The average molecular weight is 254 g/mol. The van der Waals surface area contributed by atoms with Gasteiger partial charge in [-0.15, -0.1) is 0 Å². The molecule has 1 amide bonds. The summed E-state index contributed by atoms with van der Waals surface area (Å²) in [6.07, 6.45) is 6.86. The van der Waals surface area contributed by atoms with Gasteiger partial charge >= 0.3 is 0 Å². The van der Waals surface area contributed by atoms with E-state index >= 15 is 0 Å². The molecule has 0 aliphatic heterocycles. The van der Waals surface area contributed by atoms with E-state index in [0.717, 1.165) is 25.7 Å². The number of nitrogens with zero attached hydrogens (tertiary/aromatic N) is 1. The molecule has 1 aliphatic rings. The second-order valence-corrected chi connectivity index (χ2v) is 4.85. The zero-order chi connectivity index (χ0) is 12.3. The predicted octanol–water partition coefficient (Wildman–Crippen LogP) is 1.73. The maximum Gasteiger partial charge on any atom is 0.254 e. The molecule has 0 aromatic carbocycles. The molecular weight excluding hydrogens is 238 g/mol. The van der Waals surface area contributed by atoms with Crippen molar-refractivity contribution in [1.82, 2.24) is 10.3 Å². The zero-order valence-electron chi connectivity index (χ0n) is 9.53. The molecule has 4 nitrogen and oxygen atoms in total. The molecule has 5 heteroatoms. The molecule has 0 radical (unpaired) electrons. The Labute approximate surface area is 106 Å². The van der Waals surface area contributed by atoms with Crippen molar-refractivity contribution >= 4 is 17.5 Å². The highest BCUT2D eigenvalue weighted by atomic mass is 35.5. The van der Waals surface area contributed by atoms with E-state index in [1.54, 1.807) is 12.3 Å². The number of aromatic nitrogens is 1. The van der Waals surface area contributed by atoms with E-state index in [9.17, 15) is 4.79 Å². The number of hydrogen-bond donors (Lipinski definition) is 2. The molecule has 1 fully saturated rings. The molecule has 0 spiro atoms. The van der Waals surface area contributed by atoms with Gasteiger partial charge in [0.05, 0.1) is 10.6 Å². The van der Waals surface area contributed by atoms with Crippen LogP contribution in [0.3, 0.4) is 0 Å². The molecule has 0 saturated heterocycles. The van der Waals surface area contributed by atoms with Crippen LogP contribution >= 0.6 is 11.6 Å². The van der Waals surface area contributed by atoms with Crippen molar-refractivity contribution in [2.24, 2.45) is 5.73 Å². The standard InChI is InChI=1S/C12H16ClN3O/c13-11-5-6-15-7-10(11)12(17)16-9-3-1-8(14)2-4-9/h5-9H,1-4,14H2,(H,16,17). The number of amides is 1. The maximum atomic E-state index is 11.9. The lowest BCUT2D eigenvalue weighted by Gasteiger charge is -2.26. The number of carbonyl (C=O) groups is 1. The lowest BCUT2D eigenvalue weighted by atomic mass is 9.92. The topological polar surface area (TPSA) is 68.0 Å². The summed E-state index contributed by atoms with van der Waals surface area (Å²) >= 11 is 5.94. The molecule has 0 bridgehead atoms. The van der Waals surface area contributed by atoms with Gasteiger partial charge in [-0.25, -0.2) is 0 Å². The van der Waals surface area contributed by atoms with E-state index in [2.05, 4.69) is 10.3 Å². The quantitative estimate of drug-likeness (QED) is 0.844. The summed E-state index contributed by atoms with van der Waals surface area (Å²) in [7, 11) is 0. The van der Waals surface area contributed by atoms with Crippen molar-refractivity contribution in [1.29, 1.82) is 0 Å². The lowest BCUT2D eigenvalue weighted by Crippen LogP contribution is -2.40. The maximum absolute atomic E-state index is 11.9. The smallest absolute Gasteiger partial charge is 0.254 e. The Balaban J connectivity index is 1.96. The molecule has 1 aromatic rings. The first-order valence-electron chi connectivity index (χ1n) is 5.83. The lowest BCUT2D eigenvalue weighted by molar-refractivity contribution is 0.0925. The third kappa shape index (κ3) is 3.17. The summed E-state index contributed by atoms with van der Waals surface area (Å²) in [5.41, 5.74) is 6.25. The van der Waals surface area contributed by atoms with Gasteiger partial charge in [-0.05, 0) is 31.7 Å². The minimum atomic E-state index is -0.149. The predicted molar refractivity (Wildman–Crippen MR) is 66.9 cm³/mol. The van der Waals surface area contributed by atoms with Gasteiger partial charge in [0.15, 0.2) is 0 Å². The highest BCUT2D eigenvalue weighted by Crippen LogP contribution is 2.19. The van der Waals surface area contributed by atoms with Gasteiger partial charge in [-0.1, -0.05) is 11.6 Å². The Bertz CT molecular complexity index is 402. The first-order valence-corrected chi connectivity index (χ1v) is 6.20. The van der Waals surface area contributed by atoms with Gasteiger partial charge in [0, 0.05) is 24.5 Å². The molecule has 1 saturated carbocycles. The van der Waals surface area contributed by atoms with Crippen LogP contribution in [0.4, 0.5) is 0 Å². The van der Waals surface area contributed by atoms with Gasteiger partial charge in [0.25, 0.3) is 5.91 Å². The summed E-state index contributed by atoms with van der Waals surface area (Å²) in [5, 5.41) is 3.41. The van der Waals surface area contributed by atoms with E-state index in [-0.39, 0.29) is 18.0 Å². The van der Waals surface area contributed by atoms with Crippen molar-refractivity contribution in [3.8, 4) is 0 Å². The molecule has 0 atom stereocenters. The Hall–Kier alpha value is -1.13. The van der Waals surface area contributed by atoms with Gasteiger partial charge < -0.3 is 11.1 Å². The number of rotatable bonds is 2. The Morgan fingerprint density at radius 3 is 2.76 bits per heavy atom. The molecule has 1 heterocycles. The minimum Gasteiger partial charge on any atom is -0.349 e. The van der Waals surface area contributed by atoms with Crippen molar-refractivity contribution < 1.29 is 4.79 Å². The van der Waals surface area contributed by atoms with E-state index < -0.39 is 0 Å². The van der Waals surface area contributed by atoms with E-state index in [1.165, 1.54) is 6.20 Å². The first-order chi connectivity index (χ1) is 8.16. The highest BCUT2D eigenvalue weighted by Gasteiger charge is 2.21. The van der Waals surface area contributed by atoms with E-state index in [0.29, 0.717) is 10.6 Å². The summed E-state index contributed by atoms with van der Waals surface area (Å²) in [5.74, 6) is -0.149. The third-order valence-corrected chi connectivity index (χ3v) is 3.45. The van der Waals surface area contributed by atoms with E-state index in [1.807, 2.05) is 0 Å². The molecule has 17 heavy (non-hydrogen) atoms. The molecule has 1 aliphatic carbocycles. The van der Waals surface area contributed by atoms with Crippen LogP contribution in [0.5, 0.6) is 0 Å². The normalized spacial score (nSPS) is 24.4. The zero-order valence-corrected chi connectivity index (χ0v) is 10.3. The van der Waals surface area contributed by atoms with Crippen LogP contribution < -0.4 is 11.1 Å². The largest absolute Gasteiger partial charge is 0.349 e. The van der Waals surface area contributed by atoms with Crippen molar-refractivity contribution in [3.05, 3.63) is 29.0 Å². The first kappa shape index (κ1) is 12.3. The summed E-state index contributed by atoms with van der Waals surface area (Å²) in [6.45, 7) is 0. The summed E-state index contributed by atoms with van der Waals surface area (Å²) in [4.78, 5) is 15.9. The van der Waals surface area contributed by atoms with Gasteiger partial charge in [0.2, 0.25) is 0 Å². The van der Waals surface area contributed by atoms with Crippen LogP contribution in [0, 0.1) is 0 Å². The second-order valence-electron chi connectivity index (χ2n) is 4.44. The summed E-state index contributed by atoms with van der Waals surface area (Å²) < 4.78 is 0. The van der Waals surface area contributed by atoms with Crippen LogP contribution in [0.2, 0.25) is 5.02 Å². The Kier molecular flexibility index (Phi) is 3.97. The van der Waals surface area contributed by atoms with Gasteiger partial charge in [0.1, 0.15) is 0 Å². The second kappa shape index (κ2) is 5.47. The molecule has 0 unspecified atom stereocenters. The molecule has 3 N–H and O–H groups in total. The highest BCUT2D eigenvalue weighted by molar-refractivity contribution is 6.33. The number of hydrogen-bond acceptors (Lipinski definition) is 3. The van der Waals surface area contributed by atoms with Crippen molar-refractivity contribution in [2.45, 2.75) is 37.8 Å². The molecule has 92 valence electrons. The molecule has 1 aromatic heterocycles. The number of nitrogens with one attached hydrogen (secondary N) is 1. The van der Waals surface area contributed by atoms with E-state index in [4.69, 9.17) is 17.3 Å². The number of pyridine rings is 1. The Morgan fingerprint density at radius 2 is 2.12 bits per heavy atom. The molecular formula is C12H16ClN3O. The summed E-state index contributed by atoms with van der Waals surface area (Å²) in [6, 6.07) is 2.11. The SMILES string of the molecule is NC1CCC(NC(=O)c2cnccc2Cl)CC1. The fraction of sp³-hybridized carbons (Fsp3) is 0.500. The van der Waals surface area contributed by atoms with Crippen LogP contribution in [0.1, 0.15) is 36.0 Å². The number of nitrogens with two attached hydrogens (primary N) is 1. The van der Waals surface area contributed by atoms with Crippen molar-refractivity contribution in [3.63, 3.8) is 0 Å². The fourth-order valence-corrected chi connectivity index (χ4v) is 2.26. The van der Waals surface area contributed by atoms with Crippen molar-refractivity contribution in [2.75, 3.05) is 0 Å². The van der Waals surface area contributed by atoms with Crippen LogP contribution in [-0.2, 0) is 0 Å². The van der Waals surface area contributed by atoms with Crippen LogP contribution in [0.15, 0.2) is 18.5 Å². The minimum absolute atomic E-state index is 0.149. The third-order valence-electron chi connectivity index (χ3n) is 3.12. The van der Waals surface area contributed by atoms with Gasteiger partial charge in [-0.2, -0.15) is 0 Å². The van der Waals surface area contributed by atoms with Crippen LogP contribution in [-0.4, -0.2) is 23.0 Å². The van der Waals surface area contributed by atoms with Gasteiger partial charge in [-0.3, -0.25) is 9.78 Å². The van der Waals surface area contributed by atoms with Crippen LogP contribution in [0.25, 0.3) is 0 Å².